The van der Waals surface area contributed by atoms with Gasteiger partial charge < -0.3 is 34.5 Å². The van der Waals surface area contributed by atoms with Crippen molar-refractivity contribution in [2.24, 2.45) is 0 Å². The second kappa shape index (κ2) is 8.98. The highest BCUT2D eigenvalue weighted by molar-refractivity contribution is 7.80. The quantitative estimate of drug-likeness (QED) is 0.581. The molecule has 1 aromatic carbocycles. The molecule has 1 fully saturated rings. The van der Waals surface area contributed by atoms with Crippen LogP contribution in [0.3, 0.4) is 0 Å². The number of aromatic amines is 1. The van der Waals surface area contributed by atoms with Crippen molar-refractivity contribution in [2.75, 3.05) is 33.1 Å². The Hall–Kier alpha value is -2.36. The molecule has 1 aromatic heterocycles. The molecule has 0 spiro atoms. The highest BCUT2D eigenvalue weighted by Crippen LogP contribution is 2.35. The first-order chi connectivity index (χ1) is 14.1. The SMILES string of the molecule is O=c1[nH]c2cc3c(cc2cc1CN(CCCO)C(=S)NC[C@H]1CCCO1)OCO3. The summed E-state index contributed by atoms with van der Waals surface area (Å²) in [5, 5.41) is 13.9. The molecule has 3 N–H and O–H groups in total. The van der Waals surface area contributed by atoms with E-state index in [9.17, 15) is 9.90 Å². The molecule has 2 aromatic rings. The monoisotopic (exact) mass is 419 g/mol. The number of fused-ring (bicyclic) bond motifs is 2. The molecule has 1 saturated heterocycles. The van der Waals surface area contributed by atoms with Gasteiger partial charge in [-0.1, -0.05) is 0 Å². The lowest BCUT2D eigenvalue weighted by molar-refractivity contribution is 0.113. The highest BCUT2D eigenvalue weighted by atomic mass is 32.1. The van der Waals surface area contributed by atoms with E-state index in [1.807, 2.05) is 17.0 Å². The van der Waals surface area contributed by atoms with E-state index in [1.165, 1.54) is 0 Å². The lowest BCUT2D eigenvalue weighted by Crippen LogP contribution is -2.43. The summed E-state index contributed by atoms with van der Waals surface area (Å²) in [6.45, 7) is 2.57. The van der Waals surface area contributed by atoms with Gasteiger partial charge in [-0.05, 0) is 43.6 Å². The number of nitrogens with zero attached hydrogens (tertiary/aromatic N) is 1. The predicted octanol–water partition coefficient (Wildman–Crippen LogP) is 1.49. The van der Waals surface area contributed by atoms with Crippen molar-refractivity contribution in [2.45, 2.75) is 31.9 Å². The molecule has 1 atom stereocenters. The lowest BCUT2D eigenvalue weighted by atomic mass is 10.1. The summed E-state index contributed by atoms with van der Waals surface area (Å²) in [6, 6.07) is 5.49. The topological polar surface area (TPSA) is 96.1 Å². The van der Waals surface area contributed by atoms with Crippen LogP contribution in [0.5, 0.6) is 11.5 Å². The fourth-order valence-corrected chi connectivity index (χ4v) is 3.84. The zero-order valence-corrected chi connectivity index (χ0v) is 16.9. The van der Waals surface area contributed by atoms with Crippen LogP contribution in [0.15, 0.2) is 23.0 Å². The van der Waals surface area contributed by atoms with Gasteiger partial charge >= 0.3 is 0 Å². The van der Waals surface area contributed by atoms with Crippen LogP contribution in [0, 0.1) is 0 Å². The zero-order chi connectivity index (χ0) is 20.2. The first kappa shape index (κ1) is 19.9. The molecule has 2 aliphatic heterocycles. The lowest BCUT2D eigenvalue weighted by Gasteiger charge is -2.26. The molecule has 2 aliphatic rings. The second-order valence-corrected chi connectivity index (χ2v) is 7.62. The van der Waals surface area contributed by atoms with Crippen LogP contribution < -0.4 is 20.3 Å². The van der Waals surface area contributed by atoms with E-state index in [-0.39, 0.29) is 25.1 Å². The van der Waals surface area contributed by atoms with Crippen molar-refractivity contribution in [1.82, 2.24) is 15.2 Å². The smallest absolute Gasteiger partial charge is 0.253 e. The summed E-state index contributed by atoms with van der Waals surface area (Å²) in [6.07, 6.45) is 2.82. The van der Waals surface area contributed by atoms with E-state index in [0.717, 1.165) is 24.8 Å². The zero-order valence-electron chi connectivity index (χ0n) is 16.1. The van der Waals surface area contributed by atoms with Gasteiger partial charge in [-0.25, -0.2) is 0 Å². The summed E-state index contributed by atoms with van der Waals surface area (Å²) in [4.78, 5) is 17.5. The third-order valence-electron chi connectivity index (χ3n) is 5.15. The van der Waals surface area contributed by atoms with E-state index in [1.54, 1.807) is 6.07 Å². The standard InChI is InChI=1S/C20H25N3O5S/c24-5-2-4-23(20(29)21-10-15-3-1-6-26-15)11-14-7-13-8-17-18(28-12-27-17)9-16(13)22-19(14)25/h7-9,15,24H,1-6,10-12H2,(H,21,29)(H,22,25)/t15-/m1/s1. The molecule has 9 heteroatoms. The minimum atomic E-state index is -0.174. The molecule has 3 heterocycles. The molecule has 156 valence electrons. The molecule has 0 radical (unpaired) electrons. The van der Waals surface area contributed by atoms with Crippen molar-refractivity contribution in [1.29, 1.82) is 0 Å². The maximum Gasteiger partial charge on any atom is 0.253 e. The average molecular weight is 420 g/mol. The Bertz CT molecular complexity index is 942. The number of benzene rings is 1. The average Bonchev–Trinajstić information content (AvgIpc) is 3.39. The van der Waals surface area contributed by atoms with E-state index >= 15 is 0 Å². The molecule has 0 bridgehead atoms. The number of rotatable bonds is 7. The number of aliphatic hydroxyl groups is 1. The highest BCUT2D eigenvalue weighted by Gasteiger charge is 2.19. The van der Waals surface area contributed by atoms with Crippen LogP contribution >= 0.6 is 12.2 Å². The Morgan fingerprint density at radius 3 is 2.90 bits per heavy atom. The van der Waals surface area contributed by atoms with Crippen LogP contribution in [0.2, 0.25) is 0 Å². The summed E-state index contributed by atoms with van der Waals surface area (Å²) in [7, 11) is 0. The Morgan fingerprint density at radius 2 is 2.14 bits per heavy atom. The van der Waals surface area contributed by atoms with Gasteiger partial charge in [0.25, 0.3) is 5.56 Å². The van der Waals surface area contributed by atoms with Gasteiger partial charge in [0.05, 0.1) is 18.2 Å². The van der Waals surface area contributed by atoms with E-state index in [2.05, 4.69) is 10.3 Å². The number of aromatic nitrogens is 1. The Kier molecular flexibility index (Phi) is 6.17. The molecule has 0 saturated carbocycles. The van der Waals surface area contributed by atoms with Crippen LogP contribution in [0.1, 0.15) is 24.8 Å². The number of hydrogen-bond acceptors (Lipinski definition) is 6. The number of H-pyrrole nitrogens is 1. The largest absolute Gasteiger partial charge is 0.454 e. The second-order valence-electron chi connectivity index (χ2n) is 7.24. The van der Waals surface area contributed by atoms with Crippen molar-refractivity contribution < 1.29 is 19.3 Å². The molecule has 0 aliphatic carbocycles. The van der Waals surface area contributed by atoms with Gasteiger partial charge in [0, 0.05) is 43.3 Å². The molecular formula is C20H25N3O5S. The Balaban J connectivity index is 1.51. The third-order valence-corrected chi connectivity index (χ3v) is 5.56. The molecule has 0 amide bonds. The number of pyridine rings is 1. The Labute approximate surface area is 173 Å². The molecule has 4 rings (SSSR count). The molecular weight excluding hydrogens is 394 g/mol. The van der Waals surface area contributed by atoms with Gasteiger partial charge in [0.2, 0.25) is 6.79 Å². The number of thiocarbonyl (C=S) groups is 1. The first-order valence-corrected chi connectivity index (χ1v) is 10.3. The first-order valence-electron chi connectivity index (χ1n) is 9.85. The van der Waals surface area contributed by atoms with Gasteiger partial charge in [0.1, 0.15) is 0 Å². The van der Waals surface area contributed by atoms with Crippen molar-refractivity contribution in [3.8, 4) is 11.5 Å². The fraction of sp³-hybridized carbons (Fsp3) is 0.500. The maximum atomic E-state index is 12.6. The van der Waals surface area contributed by atoms with Crippen molar-refractivity contribution >= 4 is 28.2 Å². The minimum Gasteiger partial charge on any atom is -0.454 e. The van der Waals surface area contributed by atoms with E-state index in [4.69, 9.17) is 26.4 Å². The van der Waals surface area contributed by atoms with Crippen LogP contribution in [0.25, 0.3) is 10.9 Å². The molecule has 29 heavy (non-hydrogen) atoms. The van der Waals surface area contributed by atoms with E-state index in [0.29, 0.717) is 53.7 Å². The number of ether oxygens (including phenoxy) is 3. The van der Waals surface area contributed by atoms with Crippen molar-refractivity contribution in [3.05, 3.63) is 34.1 Å². The third kappa shape index (κ3) is 4.63. The van der Waals surface area contributed by atoms with Crippen LogP contribution in [-0.4, -0.2) is 59.3 Å². The minimum absolute atomic E-state index is 0.0579. The van der Waals surface area contributed by atoms with E-state index < -0.39 is 0 Å². The number of hydrogen-bond donors (Lipinski definition) is 3. The summed E-state index contributed by atoms with van der Waals surface area (Å²) < 4.78 is 16.4. The van der Waals surface area contributed by atoms with Crippen LogP contribution in [-0.2, 0) is 11.3 Å². The number of aliphatic hydroxyl groups excluding tert-OH is 1. The fourth-order valence-electron chi connectivity index (χ4n) is 3.60. The predicted molar refractivity (Wildman–Crippen MR) is 112 cm³/mol. The van der Waals surface area contributed by atoms with Gasteiger partial charge in [-0.2, -0.15) is 0 Å². The number of nitrogens with one attached hydrogen (secondary N) is 2. The molecule has 8 nitrogen and oxygen atoms in total. The molecule has 0 unspecified atom stereocenters. The summed E-state index contributed by atoms with van der Waals surface area (Å²) in [5.41, 5.74) is 1.12. The maximum absolute atomic E-state index is 12.6. The van der Waals surface area contributed by atoms with Crippen molar-refractivity contribution in [3.63, 3.8) is 0 Å². The Morgan fingerprint density at radius 1 is 1.31 bits per heavy atom. The summed E-state index contributed by atoms with van der Waals surface area (Å²) in [5.74, 6) is 1.30. The summed E-state index contributed by atoms with van der Waals surface area (Å²) >= 11 is 5.56. The van der Waals surface area contributed by atoms with Gasteiger partial charge in [-0.3, -0.25) is 4.79 Å². The normalized spacial score (nSPS) is 17.6. The van der Waals surface area contributed by atoms with Gasteiger partial charge in [0.15, 0.2) is 16.6 Å². The van der Waals surface area contributed by atoms with Gasteiger partial charge in [-0.15, -0.1) is 0 Å². The van der Waals surface area contributed by atoms with Crippen LogP contribution in [0.4, 0.5) is 0 Å².